The topological polar surface area (TPSA) is 101 Å². The van der Waals surface area contributed by atoms with Crippen LogP contribution in [-0.4, -0.2) is 15.2 Å². The van der Waals surface area contributed by atoms with E-state index in [1.165, 1.54) is 0 Å². The van der Waals surface area contributed by atoms with Crippen molar-refractivity contribution in [3.63, 3.8) is 0 Å². The van der Waals surface area contributed by atoms with Crippen molar-refractivity contribution in [2.24, 2.45) is 5.73 Å². The van der Waals surface area contributed by atoms with Crippen LogP contribution < -0.4 is 10.5 Å². The third-order valence-corrected chi connectivity index (χ3v) is 5.00. The number of aromatic amines is 1. The van der Waals surface area contributed by atoms with Crippen LogP contribution in [0.5, 0.6) is 5.88 Å². The number of hydrogen-bond acceptors (Lipinski definition) is 5. The summed E-state index contributed by atoms with van der Waals surface area (Å²) in [6, 6.07) is 21.9. The van der Waals surface area contributed by atoms with Gasteiger partial charge in [-0.05, 0) is 23.3 Å². The van der Waals surface area contributed by atoms with Crippen LogP contribution in [-0.2, 0) is 0 Å². The van der Waals surface area contributed by atoms with Crippen LogP contribution in [0.3, 0.4) is 0 Å². The van der Waals surface area contributed by atoms with Gasteiger partial charge in [-0.2, -0.15) is 5.26 Å². The summed E-state index contributed by atoms with van der Waals surface area (Å²) in [6.07, 6.45) is 1.75. The van der Waals surface area contributed by atoms with Gasteiger partial charge in [-0.25, -0.2) is 0 Å². The first kappa shape index (κ1) is 16.1. The Bertz CT molecular complexity index is 1260. The summed E-state index contributed by atoms with van der Waals surface area (Å²) in [4.78, 5) is 4.45. The van der Waals surface area contributed by atoms with E-state index in [1.807, 2.05) is 60.7 Å². The number of H-pyrrole nitrogens is 1. The first-order chi connectivity index (χ1) is 13.8. The molecule has 1 atom stereocenters. The van der Waals surface area contributed by atoms with Gasteiger partial charge in [0.15, 0.2) is 0 Å². The second kappa shape index (κ2) is 6.25. The molecule has 3 heterocycles. The fourth-order valence-corrected chi connectivity index (χ4v) is 3.75. The molecular weight excluding hydrogens is 350 g/mol. The molecule has 0 saturated heterocycles. The van der Waals surface area contributed by atoms with E-state index in [9.17, 15) is 5.26 Å². The molecule has 6 nitrogen and oxygen atoms in total. The summed E-state index contributed by atoms with van der Waals surface area (Å²) in [5.74, 6) is 0.0591. The van der Waals surface area contributed by atoms with Gasteiger partial charge in [0, 0.05) is 11.6 Å². The molecule has 5 rings (SSSR count). The van der Waals surface area contributed by atoms with Crippen molar-refractivity contribution in [3.8, 4) is 23.2 Å². The lowest BCUT2D eigenvalue weighted by atomic mass is 9.82. The molecule has 0 bridgehead atoms. The summed E-state index contributed by atoms with van der Waals surface area (Å²) in [5.41, 5.74) is 10.8. The molecule has 1 aliphatic rings. The molecule has 2 aromatic carbocycles. The SMILES string of the molecule is N#CC1=C(N)Oc2n[nH]c(-c3ccccc3)c2[C@@H]1c1ccnc2ccccc12. The Morgan fingerprint density at radius 1 is 1.04 bits per heavy atom. The molecular formula is C22H15N5O. The highest BCUT2D eigenvalue weighted by molar-refractivity contribution is 5.85. The van der Waals surface area contributed by atoms with E-state index < -0.39 is 5.92 Å². The van der Waals surface area contributed by atoms with Gasteiger partial charge in [-0.15, -0.1) is 5.10 Å². The predicted molar refractivity (Wildman–Crippen MR) is 105 cm³/mol. The normalized spacial score (nSPS) is 15.8. The van der Waals surface area contributed by atoms with Crippen LogP contribution in [0.1, 0.15) is 17.0 Å². The lowest BCUT2D eigenvalue weighted by Gasteiger charge is -2.25. The molecule has 28 heavy (non-hydrogen) atoms. The maximum Gasteiger partial charge on any atom is 0.244 e. The van der Waals surface area contributed by atoms with Gasteiger partial charge in [-0.1, -0.05) is 48.5 Å². The number of ether oxygens (including phenoxy) is 1. The third kappa shape index (κ3) is 2.34. The number of benzene rings is 2. The predicted octanol–water partition coefficient (Wildman–Crippen LogP) is 3.84. The Morgan fingerprint density at radius 2 is 1.82 bits per heavy atom. The maximum absolute atomic E-state index is 9.88. The Balaban J connectivity index is 1.82. The first-order valence-electron chi connectivity index (χ1n) is 8.83. The van der Waals surface area contributed by atoms with Gasteiger partial charge < -0.3 is 10.5 Å². The highest BCUT2D eigenvalue weighted by Gasteiger charge is 2.36. The molecule has 0 radical (unpaired) electrons. The van der Waals surface area contributed by atoms with Crippen molar-refractivity contribution in [2.45, 2.75) is 5.92 Å². The van der Waals surface area contributed by atoms with Gasteiger partial charge in [0.05, 0.1) is 22.7 Å². The number of nitrogens with zero attached hydrogens (tertiary/aromatic N) is 3. The Kier molecular flexibility index (Phi) is 3.59. The van der Waals surface area contributed by atoms with Crippen LogP contribution in [0.15, 0.2) is 78.3 Å². The van der Waals surface area contributed by atoms with Gasteiger partial charge in [0.2, 0.25) is 11.8 Å². The average molecular weight is 365 g/mol. The monoisotopic (exact) mass is 365 g/mol. The van der Waals surface area contributed by atoms with Gasteiger partial charge in [-0.3, -0.25) is 10.1 Å². The van der Waals surface area contributed by atoms with Gasteiger partial charge >= 0.3 is 0 Å². The molecule has 134 valence electrons. The number of nitrogens with two attached hydrogens (primary N) is 1. The minimum atomic E-state index is -0.407. The number of para-hydroxylation sites is 1. The summed E-state index contributed by atoms with van der Waals surface area (Å²) in [7, 11) is 0. The van der Waals surface area contributed by atoms with Crippen molar-refractivity contribution in [1.82, 2.24) is 15.2 Å². The first-order valence-corrected chi connectivity index (χ1v) is 8.83. The zero-order valence-electron chi connectivity index (χ0n) is 14.8. The van der Waals surface area contributed by atoms with Crippen LogP contribution in [0, 0.1) is 11.3 Å². The summed E-state index contributed by atoms with van der Waals surface area (Å²) in [5, 5.41) is 18.2. The van der Waals surface area contributed by atoms with Crippen molar-refractivity contribution in [2.75, 3.05) is 0 Å². The zero-order chi connectivity index (χ0) is 19.1. The maximum atomic E-state index is 9.88. The number of aromatic nitrogens is 3. The molecule has 0 fully saturated rings. The highest BCUT2D eigenvalue weighted by atomic mass is 16.5. The molecule has 0 saturated carbocycles. The zero-order valence-corrected chi connectivity index (χ0v) is 14.8. The molecule has 4 aromatic rings. The standard InChI is InChI=1S/C22H15N5O/c23-12-16-18(15-10-11-25-17-9-5-4-8-14(15)17)19-20(13-6-2-1-3-7-13)26-27-22(19)28-21(16)24/h1-11,18H,24H2,(H,26,27)/t18-/m1/s1. The van der Waals surface area contributed by atoms with E-state index in [1.54, 1.807) is 6.20 Å². The number of fused-ring (bicyclic) bond motifs is 2. The minimum absolute atomic E-state index is 0.0759. The van der Waals surface area contributed by atoms with E-state index in [-0.39, 0.29) is 5.88 Å². The molecule has 2 aromatic heterocycles. The van der Waals surface area contributed by atoms with Crippen molar-refractivity contribution < 1.29 is 4.74 Å². The van der Waals surface area contributed by atoms with E-state index >= 15 is 0 Å². The fourth-order valence-electron chi connectivity index (χ4n) is 3.75. The number of allylic oxidation sites excluding steroid dienone is 1. The fraction of sp³-hybridized carbons (Fsp3) is 0.0455. The van der Waals surface area contributed by atoms with Crippen LogP contribution in [0.4, 0.5) is 0 Å². The Hall–Kier alpha value is -4.11. The van der Waals surface area contributed by atoms with Gasteiger partial charge in [0.1, 0.15) is 11.6 Å². The second-order valence-electron chi connectivity index (χ2n) is 6.53. The summed E-state index contributed by atoms with van der Waals surface area (Å²) >= 11 is 0. The van der Waals surface area contributed by atoms with Crippen LogP contribution in [0.2, 0.25) is 0 Å². The number of rotatable bonds is 2. The van der Waals surface area contributed by atoms with Gasteiger partial charge in [0.25, 0.3) is 0 Å². The number of pyridine rings is 1. The second-order valence-corrected chi connectivity index (χ2v) is 6.53. The van der Waals surface area contributed by atoms with Crippen LogP contribution in [0.25, 0.3) is 22.2 Å². The Labute approximate surface area is 160 Å². The van der Waals surface area contributed by atoms with Crippen molar-refractivity contribution >= 4 is 10.9 Å². The lowest BCUT2D eigenvalue weighted by molar-refractivity contribution is 0.379. The van der Waals surface area contributed by atoms with E-state index in [2.05, 4.69) is 21.3 Å². The van der Waals surface area contributed by atoms with Crippen LogP contribution >= 0.6 is 0 Å². The minimum Gasteiger partial charge on any atom is -0.420 e. The molecule has 0 amide bonds. The van der Waals surface area contributed by atoms with E-state index in [4.69, 9.17) is 10.5 Å². The average Bonchev–Trinajstić information content (AvgIpc) is 3.16. The molecule has 0 aliphatic carbocycles. The largest absolute Gasteiger partial charge is 0.420 e. The molecule has 1 aliphatic heterocycles. The van der Waals surface area contributed by atoms with E-state index in [0.717, 1.165) is 33.3 Å². The molecule has 3 N–H and O–H groups in total. The van der Waals surface area contributed by atoms with Crippen molar-refractivity contribution in [1.29, 1.82) is 5.26 Å². The highest BCUT2D eigenvalue weighted by Crippen LogP contribution is 2.46. The number of nitrogens with one attached hydrogen (secondary N) is 1. The quantitative estimate of drug-likeness (QED) is 0.562. The summed E-state index contributed by atoms with van der Waals surface area (Å²) < 4.78 is 5.68. The number of nitriles is 1. The molecule has 0 unspecified atom stereocenters. The van der Waals surface area contributed by atoms with Crippen molar-refractivity contribution in [3.05, 3.63) is 89.4 Å². The Morgan fingerprint density at radius 3 is 2.64 bits per heavy atom. The third-order valence-electron chi connectivity index (χ3n) is 5.00. The molecule has 6 heteroatoms. The molecule has 0 spiro atoms. The van der Waals surface area contributed by atoms with E-state index in [0.29, 0.717) is 11.5 Å². The number of hydrogen-bond donors (Lipinski definition) is 2. The smallest absolute Gasteiger partial charge is 0.244 e. The summed E-state index contributed by atoms with van der Waals surface area (Å²) in [6.45, 7) is 0. The lowest BCUT2D eigenvalue weighted by Crippen LogP contribution is -2.21.